The van der Waals surface area contributed by atoms with Gasteiger partial charge in [-0.1, -0.05) is 43.6 Å². The first-order chi connectivity index (χ1) is 9.21. The van der Waals surface area contributed by atoms with Crippen molar-refractivity contribution in [2.24, 2.45) is 11.3 Å². The smallest absolute Gasteiger partial charge is 0.137 e. The number of rotatable bonds is 6. The zero-order chi connectivity index (χ0) is 15.3. The molecule has 1 atom stereocenters. The molecule has 0 N–H and O–H groups in total. The maximum Gasteiger partial charge on any atom is 0.137 e. The third-order valence-corrected chi connectivity index (χ3v) is 3.95. The molecule has 0 fully saturated rings. The Balaban J connectivity index is 2.62. The molecule has 0 spiro atoms. The maximum absolute atomic E-state index is 12.2. The van der Waals surface area contributed by atoms with Gasteiger partial charge in [-0.25, -0.2) is 0 Å². The number of Topliss-reactive ketones (excluding diaryl/α,β-unsaturated/α-hetero) is 1. The number of benzene rings is 1. The van der Waals surface area contributed by atoms with Gasteiger partial charge in [0.1, 0.15) is 11.5 Å². The van der Waals surface area contributed by atoms with Crippen LogP contribution in [0.3, 0.4) is 0 Å². The molecule has 0 aromatic heterocycles. The predicted molar refractivity (Wildman–Crippen MR) is 87.3 cm³/mol. The van der Waals surface area contributed by atoms with Gasteiger partial charge in [0.2, 0.25) is 0 Å². The second-order valence-corrected chi connectivity index (χ2v) is 7.60. The average molecular weight is 341 g/mol. The molecule has 20 heavy (non-hydrogen) atoms. The van der Waals surface area contributed by atoms with Crippen LogP contribution in [0.5, 0.6) is 5.75 Å². The standard InChI is InChI=1S/C17H25BrO2/c1-12(11-17(2,3)4)8-14(19)9-13-10-15(20-5)6-7-16(13)18/h6-7,10,12H,8-9,11H2,1-5H3. The number of ketones is 1. The van der Waals surface area contributed by atoms with Crippen molar-refractivity contribution in [3.05, 3.63) is 28.2 Å². The fourth-order valence-electron chi connectivity index (χ4n) is 2.60. The minimum absolute atomic E-state index is 0.274. The van der Waals surface area contributed by atoms with E-state index in [0.717, 1.165) is 22.2 Å². The van der Waals surface area contributed by atoms with Crippen LogP contribution in [0.2, 0.25) is 0 Å². The van der Waals surface area contributed by atoms with Crippen LogP contribution in [-0.4, -0.2) is 12.9 Å². The monoisotopic (exact) mass is 340 g/mol. The van der Waals surface area contributed by atoms with Gasteiger partial charge in [0.05, 0.1) is 7.11 Å². The van der Waals surface area contributed by atoms with E-state index in [0.29, 0.717) is 18.8 Å². The van der Waals surface area contributed by atoms with Crippen LogP contribution in [-0.2, 0) is 11.2 Å². The van der Waals surface area contributed by atoms with E-state index in [1.165, 1.54) is 0 Å². The van der Waals surface area contributed by atoms with Crippen LogP contribution in [0.1, 0.15) is 46.1 Å². The van der Waals surface area contributed by atoms with Crippen molar-refractivity contribution < 1.29 is 9.53 Å². The Hall–Kier alpha value is -0.830. The third-order valence-electron chi connectivity index (χ3n) is 3.18. The van der Waals surface area contributed by atoms with E-state index in [-0.39, 0.29) is 11.2 Å². The van der Waals surface area contributed by atoms with E-state index >= 15 is 0 Å². The summed E-state index contributed by atoms with van der Waals surface area (Å²) in [6, 6.07) is 5.75. The minimum atomic E-state index is 0.274. The molecule has 0 aliphatic carbocycles. The van der Waals surface area contributed by atoms with Gasteiger partial charge >= 0.3 is 0 Å². The lowest BCUT2D eigenvalue weighted by Crippen LogP contribution is -2.15. The molecule has 0 bridgehead atoms. The largest absolute Gasteiger partial charge is 0.497 e. The molecular formula is C17H25BrO2. The van der Waals surface area contributed by atoms with Crippen LogP contribution in [0.15, 0.2) is 22.7 Å². The van der Waals surface area contributed by atoms with Crippen molar-refractivity contribution in [3.63, 3.8) is 0 Å². The Morgan fingerprint density at radius 2 is 2.00 bits per heavy atom. The molecule has 0 saturated carbocycles. The maximum atomic E-state index is 12.2. The van der Waals surface area contributed by atoms with E-state index in [1.54, 1.807) is 7.11 Å². The second kappa shape index (κ2) is 7.26. The molecule has 1 rings (SSSR count). The normalized spacial score (nSPS) is 13.1. The summed E-state index contributed by atoms with van der Waals surface area (Å²) < 4.78 is 6.17. The van der Waals surface area contributed by atoms with Crippen molar-refractivity contribution in [2.45, 2.75) is 47.0 Å². The third kappa shape index (κ3) is 6.08. The molecule has 0 radical (unpaired) electrons. The van der Waals surface area contributed by atoms with E-state index in [9.17, 15) is 4.79 Å². The topological polar surface area (TPSA) is 26.3 Å². The van der Waals surface area contributed by atoms with Crippen LogP contribution in [0, 0.1) is 11.3 Å². The van der Waals surface area contributed by atoms with Gasteiger partial charge in [-0.05, 0) is 41.5 Å². The Morgan fingerprint density at radius 1 is 1.35 bits per heavy atom. The summed E-state index contributed by atoms with van der Waals surface area (Å²) in [4.78, 5) is 12.2. The Bertz CT molecular complexity index is 461. The van der Waals surface area contributed by atoms with Crippen molar-refractivity contribution in [3.8, 4) is 5.75 Å². The lowest BCUT2D eigenvalue weighted by atomic mass is 9.83. The first-order valence-corrected chi connectivity index (χ1v) is 7.84. The quantitative estimate of drug-likeness (QED) is 0.725. The van der Waals surface area contributed by atoms with Crippen molar-refractivity contribution in [2.75, 3.05) is 7.11 Å². The van der Waals surface area contributed by atoms with Gasteiger partial charge in [0.15, 0.2) is 0 Å². The molecule has 0 aliphatic heterocycles. The van der Waals surface area contributed by atoms with E-state index in [1.807, 2.05) is 18.2 Å². The summed E-state index contributed by atoms with van der Waals surface area (Å²) in [7, 11) is 1.64. The van der Waals surface area contributed by atoms with Crippen LogP contribution in [0.4, 0.5) is 0 Å². The van der Waals surface area contributed by atoms with Gasteiger partial charge in [0.25, 0.3) is 0 Å². The van der Waals surface area contributed by atoms with Gasteiger partial charge in [-0.2, -0.15) is 0 Å². The van der Waals surface area contributed by atoms with Crippen LogP contribution < -0.4 is 4.74 Å². The average Bonchev–Trinajstić information content (AvgIpc) is 2.29. The highest BCUT2D eigenvalue weighted by Gasteiger charge is 2.18. The van der Waals surface area contributed by atoms with Gasteiger partial charge in [-0.3, -0.25) is 4.79 Å². The lowest BCUT2D eigenvalue weighted by molar-refractivity contribution is -0.119. The first-order valence-electron chi connectivity index (χ1n) is 7.05. The molecule has 0 saturated heterocycles. The van der Waals surface area contributed by atoms with Crippen LogP contribution in [0.25, 0.3) is 0 Å². The highest BCUT2D eigenvalue weighted by Crippen LogP contribution is 2.27. The lowest BCUT2D eigenvalue weighted by Gasteiger charge is -2.22. The van der Waals surface area contributed by atoms with Crippen molar-refractivity contribution >= 4 is 21.7 Å². The van der Waals surface area contributed by atoms with Crippen molar-refractivity contribution in [1.82, 2.24) is 0 Å². The highest BCUT2D eigenvalue weighted by molar-refractivity contribution is 9.10. The second-order valence-electron chi connectivity index (χ2n) is 6.75. The van der Waals surface area contributed by atoms with Gasteiger partial charge in [0, 0.05) is 17.3 Å². The fraction of sp³-hybridized carbons (Fsp3) is 0.588. The Kier molecular flexibility index (Phi) is 6.25. The first kappa shape index (κ1) is 17.2. The molecule has 0 heterocycles. The zero-order valence-corrected chi connectivity index (χ0v) is 14.7. The highest BCUT2D eigenvalue weighted by atomic mass is 79.9. The van der Waals surface area contributed by atoms with E-state index in [2.05, 4.69) is 43.6 Å². The predicted octanol–water partition coefficient (Wildman–Crippen LogP) is 5.03. The Morgan fingerprint density at radius 3 is 2.55 bits per heavy atom. The molecule has 0 aliphatic rings. The summed E-state index contributed by atoms with van der Waals surface area (Å²) >= 11 is 3.50. The van der Waals surface area contributed by atoms with Gasteiger partial charge in [-0.15, -0.1) is 0 Å². The summed E-state index contributed by atoms with van der Waals surface area (Å²) in [5, 5.41) is 0. The number of carbonyl (C=O) groups is 1. The van der Waals surface area contributed by atoms with E-state index < -0.39 is 0 Å². The fourth-order valence-corrected chi connectivity index (χ4v) is 2.99. The summed E-state index contributed by atoms with van der Waals surface area (Å²) in [5.74, 6) is 1.50. The molecule has 0 amide bonds. The molecule has 1 unspecified atom stereocenters. The zero-order valence-electron chi connectivity index (χ0n) is 13.1. The molecule has 2 nitrogen and oxygen atoms in total. The molecular weight excluding hydrogens is 316 g/mol. The number of ether oxygens (including phenoxy) is 1. The molecule has 1 aromatic rings. The Labute approximate surface area is 131 Å². The SMILES string of the molecule is COc1ccc(Br)c(CC(=O)CC(C)CC(C)(C)C)c1. The molecule has 1 aromatic carbocycles. The van der Waals surface area contributed by atoms with Crippen LogP contribution >= 0.6 is 15.9 Å². The number of carbonyl (C=O) groups excluding carboxylic acids is 1. The number of methoxy groups -OCH3 is 1. The van der Waals surface area contributed by atoms with Gasteiger partial charge < -0.3 is 4.74 Å². The summed E-state index contributed by atoms with van der Waals surface area (Å²) in [6.07, 6.45) is 2.17. The number of hydrogen-bond acceptors (Lipinski definition) is 2. The summed E-state index contributed by atoms with van der Waals surface area (Å²) in [5.41, 5.74) is 1.27. The number of hydrogen-bond donors (Lipinski definition) is 0. The minimum Gasteiger partial charge on any atom is -0.497 e. The van der Waals surface area contributed by atoms with E-state index in [4.69, 9.17) is 4.74 Å². The van der Waals surface area contributed by atoms with Crippen molar-refractivity contribution in [1.29, 1.82) is 0 Å². The number of halogens is 1. The molecule has 3 heteroatoms. The molecule has 112 valence electrons. The summed E-state index contributed by atoms with van der Waals surface area (Å²) in [6.45, 7) is 8.80.